The van der Waals surface area contributed by atoms with Crippen LogP contribution in [0.1, 0.15) is 54.9 Å². The van der Waals surface area contributed by atoms with Crippen LogP contribution >= 0.6 is 11.3 Å². The zero-order chi connectivity index (χ0) is 34.1. The Morgan fingerprint density at radius 3 is 2.49 bits per heavy atom. The molecule has 11 nitrogen and oxygen atoms in total. The number of hydrogen-bond donors (Lipinski definition) is 3. The molecule has 4 rings (SSSR count). The third kappa shape index (κ3) is 8.94. The molecule has 3 N–H and O–H groups in total. The van der Waals surface area contributed by atoms with Crippen LogP contribution < -0.4 is 15.4 Å². The number of aryl methyl sites for hydroxylation is 1. The van der Waals surface area contributed by atoms with Gasteiger partial charge in [-0.05, 0) is 87.5 Å². The third-order valence-corrected chi connectivity index (χ3v) is 7.95. The van der Waals surface area contributed by atoms with Gasteiger partial charge in [0, 0.05) is 41.9 Å². The van der Waals surface area contributed by atoms with Gasteiger partial charge in [-0.3, -0.25) is 9.59 Å². The molecule has 0 saturated carbocycles. The first kappa shape index (κ1) is 34.6. The number of amides is 3. The van der Waals surface area contributed by atoms with Crippen molar-refractivity contribution in [1.82, 2.24) is 9.88 Å². The van der Waals surface area contributed by atoms with Gasteiger partial charge in [0.25, 0.3) is 5.91 Å². The second-order valence-corrected chi connectivity index (χ2v) is 12.5. The smallest absolute Gasteiger partial charge is 0.407 e. The Balaban J connectivity index is 1.75. The second kappa shape index (κ2) is 15.4. The van der Waals surface area contributed by atoms with Crippen molar-refractivity contribution in [2.75, 3.05) is 30.6 Å². The van der Waals surface area contributed by atoms with E-state index in [-0.39, 0.29) is 37.0 Å². The van der Waals surface area contributed by atoms with Crippen molar-refractivity contribution in [3.8, 4) is 34.2 Å². The largest absolute Gasteiger partial charge is 0.467 e. The van der Waals surface area contributed by atoms with E-state index in [0.717, 1.165) is 5.56 Å². The minimum absolute atomic E-state index is 0.0220. The summed E-state index contributed by atoms with van der Waals surface area (Å²) in [6.07, 6.45) is -1.15. The van der Waals surface area contributed by atoms with Crippen molar-refractivity contribution in [2.24, 2.45) is 0 Å². The number of thiophene rings is 1. The van der Waals surface area contributed by atoms with Crippen LogP contribution in [-0.2, 0) is 9.53 Å². The molecule has 2 heterocycles. The molecule has 0 bridgehead atoms. The normalized spacial score (nSPS) is 11.0. The lowest BCUT2D eigenvalue weighted by Crippen LogP contribution is -2.46. The van der Waals surface area contributed by atoms with Gasteiger partial charge in [0.1, 0.15) is 17.4 Å². The van der Waals surface area contributed by atoms with Gasteiger partial charge in [-0.2, -0.15) is 5.26 Å². The van der Waals surface area contributed by atoms with Gasteiger partial charge < -0.3 is 30.1 Å². The number of pyridine rings is 1. The SMILES string of the molecule is CCOCOc1cc(C)ccc1-c1cc(-c2cccc(NC(=O)CCN(C(=O)O)C(C)(C)C)c2)c(C#N)c(NC(=O)c2cccs2)n1. The summed E-state index contributed by atoms with van der Waals surface area (Å²) in [6, 6.07) is 19.9. The summed E-state index contributed by atoms with van der Waals surface area (Å²) in [7, 11) is 0. The zero-order valence-electron chi connectivity index (χ0n) is 26.9. The molecule has 4 aromatic rings. The number of nitriles is 1. The minimum atomic E-state index is -1.10. The topological polar surface area (TPSA) is 154 Å². The fraction of sp³-hybridized carbons (Fsp3) is 0.286. The van der Waals surface area contributed by atoms with Gasteiger partial charge in [0.05, 0.1) is 10.6 Å². The number of carbonyl (C=O) groups excluding carboxylic acids is 2. The summed E-state index contributed by atoms with van der Waals surface area (Å²) in [5.74, 6) is -0.187. The first-order chi connectivity index (χ1) is 22.4. The van der Waals surface area contributed by atoms with E-state index in [1.807, 2.05) is 32.0 Å². The molecule has 0 aliphatic carbocycles. The van der Waals surface area contributed by atoms with Gasteiger partial charge in [-0.1, -0.05) is 24.3 Å². The lowest BCUT2D eigenvalue weighted by molar-refractivity contribution is -0.116. The van der Waals surface area contributed by atoms with Gasteiger partial charge in [-0.25, -0.2) is 9.78 Å². The van der Waals surface area contributed by atoms with Crippen LogP contribution in [-0.4, -0.2) is 58.4 Å². The van der Waals surface area contributed by atoms with E-state index < -0.39 is 17.5 Å². The highest BCUT2D eigenvalue weighted by Crippen LogP contribution is 2.37. The Hall–Kier alpha value is -5.25. The Morgan fingerprint density at radius 2 is 1.83 bits per heavy atom. The average Bonchev–Trinajstić information content (AvgIpc) is 3.56. The number of rotatable bonds is 12. The van der Waals surface area contributed by atoms with Crippen molar-refractivity contribution in [1.29, 1.82) is 5.26 Å². The summed E-state index contributed by atoms with van der Waals surface area (Å²) >= 11 is 1.26. The molecular formula is C35H37N5O6S. The lowest BCUT2D eigenvalue weighted by Gasteiger charge is -2.32. The first-order valence-corrected chi connectivity index (χ1v) is 15.8. The molecule has 47 heavy (non-hydrogen) atoms. The number of nitrogens with one attached hydrogen (secondary N) is 2. The maximum Gasteiger partial charge on any atom is 0.407 e. The highest BCUT2D eigenvalue weighted by molar-refractivity contribution is 7.12. The van der Waals surface area contributed by atoms with Crippen molar-refractivity contribution < 1.29 is 29.0 Å². The van der Waals surface area contributed by atoms with Crippen LogP contribution in [0, 0.1) is 18.3 Å². The Bertz CT molecular complexity index is 1790. The van der Waals surface area contributed by atoms with Crippen LogP contribution in [0.15, 0.2) is 66.0 Å². The molecule has 0 spiro atoms. The number of carboxylic acid groups (broad SMARTS) is 1. The molecule has 2 aromatic heterocycles. The van der Waals surface area contributed by atoms with Gasteiger partial charge in [0.15, 0.2) is 12.6 Å². The summed E-state index contributed by atoms with van der Waals surface area (Å²) in [6.45, 7) is 9.61. The van der Waals surface area contributed by atoms with E-state index in [9.17, 15) is 24.8 Å². The van der Waals surface area contributed by atoms with Gasteiger partial charge >= 0.3 is 6.09 Å². The van der Waals surface area contributed by atoms with Crippen molar-refractivity contribution in [2.45, 2.75) is 46.6 Å². The van der Waals surface area contributed by atoms with Gasteiger partial charge in [-0.15, -0.1) is 11.3 Å². The third-order valence-electron chi connectivity index (χ3n) is 7.08. The maximum absolute atomic E-state index is 13.1. The summed E-state index contributed by atoms with van der Waals surface area (Å²) in [4.78, 5) is 44.1. The van der Waals surface area contributed by atoms with E-state index >= 15 is 0 Å². The molecule has 0 radical (unpaired) electrons. The molecular weight excluding hydrogens is 618 g/mol. The molecule has 3 amide bonds. The quantitative estimate of drug-likeness (QED) is 0.105. The van der Waals surface area contributed by atoms with E-state index in [4.69, 9.17) is 14.5 Å². The minimum Gasteiger partial charge on any atom is -0.467 e. The van der Waals surface area contributed by atoms with E-state index in [1.54, 1.807) is 68.6 Å². The lowest BCUT2D eigenvalue weighted by atomic mass is 9.97. The van der Waals surface area contributed by atoms with Crippen molar-refractivity contribution >= 4 is 40.7 Å². The van der Waals surface area contributed by atoms with E-state index in [1.165, 1.54) is 16.2 Å². The van der Waals surface area contributed by atoms with Crippen molar-refractivity contribution in [3.63, 3.8) is 0 Å². The molecule has 0 unspecified atom stereocenters. The van der Waals surface area contributed by atoms with Crippen LogP contribution in [0.2, 0.25) is 0 Å². The highest BCUT2D eigenvalue weighted by atomic mass is 32.1. The number of ether oxygens (including phenoxy) is 2. The molecule has 244 valence electrons. The van der Waals surface area contributed by atoms with Crippen LogP contribution in [0.4, 0.5) is 16.3 Å². The van der Waals surface area contributed by atoms with Crippen LogP contribution in [0.3, 0.4) is 0 Å². The summed E-state index contributed by atoms with van der Waals surface area (Å²) < 4.78 is 11.3. The molecule has 12 heteroatoms. The summed E-state index contributed by atoms with van der Waals surface area (Å²) in [5, 5.41) is 27.3. The predicted octanol–water partition coefficient (Wildman–Crippen LogP) is 7.39. The van der Waals surface area contributed by atoms with E-state index in [2.05, 4.69) is 16.7 Å². The van der Waals surface area contributed by atoms with Crippen LogP contribution in [0.25, 0.3) is 22.4 Å². The molecule has 0 saturated heterocycles. The maximum atomic E-state index is 13.1. The average molecular weight is 656 g/mol. The monoisotopic (exact) mass is 655 g/mol. The van der Waals surface area contributed by atoms with E-state index in [0.29, 0.717) is 45.3 Å². The number of carbonyl (C=O) groups is 3. The second-order valence-electron chi connectivity index (χ2n) is 11.6. The fourth-order valence-electron chi connectivity index (χ4n) is 4.76. The zero-order valence-corrected chi connectivity index (χ0v) is 27.7. The van der Waals surface area contributed by atoms with Gasteiger partial charge in [0.2, 0.25) is 5.91 Å². The van der Waals surface area contributed by atoms with Crippen LogP contribution in [0.5, 0.6) is 5.75 Å². The number of nitrogens with zero attached hydrogens (tertiary/aromatic N) is 3. The Kier molecular flexibility index (Phi) is 11.3. The molecule has 0 aliphatic heterocycles. The number of anilines is 2. The number of benzene rings is 2. The molecule has 2 aromatic carbocycles. The highest BCUT2D eigenvalue weighted by Gasteiger charge is 2.26. The standard InChI is InChI=1S/C35H37N5O6S/c1-6-45-21-46-29-17-22(2)12-13-25(29)28-19-26(27(20-36)32(38-28)39-33(42)30-11-8-16-47-30)23-9-7-10-24(18-23)37-31(41)14-15-40(34(43)44)35(3,4)5/h7-13,16-19H,6,14-15,21H2,1-5H3,(H,37,41)(H,43,44)(H,38,39,42). The number of aromatic nitrogens is 1. The molecule has 0 aliphatic rings. The Labute approximate surface area is 277 Å². The molecule has 0 atom stereocenters. The molecule has 0 fully saturated rings. The Morgan fingerprint density at radius 1 is 1.04 bits per heavy atom. The summed E-state index contributed by atoms with van der Waals surface area (Å²) in [5.41, 5.74) is 2.99. The fourth-order valence-corrected chi connectivity index (χ4v) is 5.38. The predicted molar refractivity (Wildman–Crippen MR) is 182 cm³/mol. The first-order valence-electron chi connectivity index (χ1n) is 14.9. The number of hydrogen-bond acceptors (Lipinski definition) is 8. The van der Waals surface area contributed by atoms with Crippen molar-refractivity contribution in [3.05, 3.63) is 82.0 Å².